The molecule has 1 saturated carbocycles. The number of carbonyl (C=O) groups excluding carboxylic acids is 1. The van der Waals surface area contributed by atoms with Gasteiger partial charge in [0.15, 0.2) is 0 Å². The Morgan fingerprint density at radius 2 is 2.41 bits per heavy atom. The lowest BCUT2D eigenvalue weighted by Crippen LogP contribution is -2.43. The number of rotatable bonds is 5. The first-order valence-corrected chi connectivity index (χ1v) is 7.21. The Balaban J connectivity index is 1.64. The molecule has 3 N–H and O–H groups in total. The molecule has 2 rings (SSSR count). The third kappa shape index (κ3) is 3.82. The van der Waals surface area contributed by atoms with E-state index in [0.717, 1.165) is 32.1 Å². The minimum atomic E-state index is 0.156. The zero-order valence-corrected chi connectivity index (χ0v) is 10.8. The molecule has 1 amide bonds. The van der Waals surface area contributed by atoms with Gasteiger partial charge in [-0.15, -0.1) is 11.3 Å². The number of thiophene rings is 1. The SMILES string of the molecule is NC1CCCC1NC(=O)CCCc1cccs1. The van der Waals surface area contributed by atoms with Crippen molar-refractivity contribution in [1.29, 1.82) is 0 Å². The first-order chi connectivity index (χ1) is 8.25. The van der Waals surface area contributed by atoms with Crippen LogP contribution in [-0.4, -0.2) is 18.0 Å². The van der Waals surface area contributed by atoms with E-state index < -0.39 is 0 Å². The Bertz CT molecular complexity index is 350. The van der Waals surface area contributed by atoms with Crippen LogP contribution in [-0.2, 0) is 11.2 Å². The second-order valence-electron chi connectivity index (χ2n) is 4.70. The Morgan fingerprint density at radius 3 is 3.06 bits per heavy atom. The maximum atomic E-state index is 11.7. The second-order valence-corrected chi connectivity index (χ2v) is 5.73. The molecular weight excluding hydrogens is 232 g/mol. The lowest BCUT2D eigenvalue weighted by atomic mass is 10.1. The van der Waals surface area contributed by atoms with Crippen LogP contribution in [0.5, 0.6) is 0 Å². The van der Waals surface area contributed by atoms with Gasteiger partial charge in [-0.2, -0.15) is 0 Å². The fourth-order valence-corrected chi connectivity index (χ4v) is 3.08. The highest BCUT2D eigenvalue weighted by Crippen LogP contribution is 2.17. The molecule has 2 unspecified atom stereocenters. The molecule has 1 aromatic rings. The van der Waals surface area contributed by atoms with Gasteiger partial charge in [0.25, 0.3) is 0 Å². The third-order valence-corrected chi connectivity index (χ3v) is 4.26. The largest absolute Gasteiger partial charge is 0.352 e. The third-order valence-electron chi connectivity index (χ3n) is 3.32. The number of hydrogen-bond acceptors (Lipinski definition) is 3. The summed E-state index contributed by atoms with van der Waals surface area (Å²) in [5, 5.41) is 5.12. The van der Waals surface area contributed by atoms with Crippen molar-refractivity contribution in [3.63, 3.8) is 0 Å². The monoisotopic (exact) mass is 252 g/mol. The highest BCUT2D eigenvalue weighted by molar-refractivity contribution is 7.09. The van der Waals surface area contributed by atoms with Crippen LogP contribution in [0.2, 0.25) is 0 Å². The van der Waals surface area contributed by atoms with Gasteiger partial charge in [0.1, 0.15) is 0 Å². The molecule has 0 aromatic carbocycles. The van der Waals surface area contributed by atoms with Crippen LogP contribution >= 0.6 is 11.3 Å². The van der Waals surface area contributed by atoms with Crippen molar-refractivity contribution in [2.75, 3.05) is 0 Å². The van der Waals surface area contributed by atoms with E-state index in [9.17, 15) is 4.79 Å². The molecule has 2 atom stereocenters. The number of nitrogens with two attached hydrogens (primary N) is 1. The summed E-state index contributed by atoms with van der Waals surface area (Å²) in [6.07, 6.45) is 5.76. The summed E-state index contributed by atoms with van der Waals surface area (Å²) in [6, 6.07) is 4.55. The number of nitrogens with one attached hydrogen (secondary N) is 1. The molecule has 1 aliphatic rings. The van der Waals surface area contributed by atoms with Crippen molar-refractivity contribution in [3.05, 3.63) is 22.4 Å². The Labute approximate surface area is 106 Å². The van der Waals surface area contributed by atoms with E-state index in [1.807, 2.05) is 0 Å². The van der Waals surface area contributed by atoms with Crippen LogP contribution in [0.1, 0.15) is 37.0 Å². The highest BCUT2D eigenvalue weighted by Gasteiger charge is 2.24. The first kappa shape index (κ1) is 12.6. The quantitative estimate of drug-likeness (QED) is 0.843. The summed E-state index contributed by atoms with van der Waals surface area (Å²) >= 11 is 1.76. The topological polar surface area (TPSA) is 55.1 Å². The Kier molecular flexibility index (Phi) is 4.57. The average Bonchev–Trinajstić information content (AvgIpc) is 2.92. The molecule has 17 heavy (non-hydrogen) atoms. The lowest BCUT2D eigenvalue weighted by Gasteiger charge is -2.16. The van der Waals surface area contributed by atoms with Crippen LogP contribution < -0.4 is 11.1 Å². The molecule has 1 aliphatic carbocycles. The van der Waals surface area contributed by atoms with Gasteiger partial charge < -0.3 is 11.1 Å². The summed E-state index contributed by atoms with van der Waals surface area (Å²) < 4.78 is 0. The molecule has 3 nitrogen and oxygen atoms in total. The van der Waals surface area contributed by atoms with E-state index in [0.29, 0.717) is 6.42 Å². The summed E-state index contributed by atoms with van der Waals surface area (Å²) in [5.74, 6) is 0.156. The van der Waals surface area contributed by atoms with Gasteiger partial charge in [-0.05, 0) is 43.6 Å². The molecule has 0 spiro atoms. The maximum Gasteiger partial charge on any atom is 0.220 e. The van der Waals surface area contributed by atoms with Crippen molar-refractivity contribution >= 4 is 17.2 Å². The number of aryl methyl sites for hydroxylation is 1. The number of hydrogen-bond donors (Lipinski definition) is 2. The summed E-state index contributed by atoms with van der Waals surface area (Å²) in [6.45, 7) is 0. The van der Waals surface area contributed by atoms with Crippen molar-refractivity contribution in [1.82, 2.24) is 5.32 Å². The van der Waals surface area contributed by atoms with Crippen molar-refractivity contribution in [3.8, 4) is 0 Å². The smallest absolute Gasteiger partial charge is 0.220 e. The van der Waals surface area contributed by atoms with E-state index >= 15 is 0 Å². The molecule has 0 saturated heterocycles. The predicted octanol–water partition coefficient (Wildman–Crippen LogP) is 2.07. The molecule has 1 heterocycles. The van der Waals surface area contributed by atoms with E-state index in [4.69, 9.17) is 5.73 Å². The van der Waals surface area contributed by atoms with Gasteiger partial charge in [-0.1, -0.05) is 6.07 Å². The van der Waals surface area contributed by atoms with Crippen LogP contribution in [0.3, 0.4) is 0 Å². The molecular formula is C13H20N2OS. The van der Waals surface area contributed by atoms with Gasteiger partial charge in [0.2, 0.25) is 5.91 Å². The second kappa shape index (κ2) is 6.17. The molecule has 4 heteroatoms. The summed E-state index contributed by atoms with van der Waals surface area (Å²) in [4.78, 5) is 13.1. The fourth-order valence-electron chi connectivity index (χ4n) is 2.32. The van der Waals surface area contributed by atoms with Crippen molar-refractivity contribution in [2.24, 2.45) is 5.73 Å². The number of amides is 1. The van der Waals surface area contributed by atoms with Gasteiger partial charge in [-0.3, -0.25) is 4.79 Å². The lowest BCUT2D eigenvalue weighted by molar-refractivity contribution is -0.121. The van der Waals surface area contributed by atoms with Crippen LogP contribution in [0.4, 0.5) is 0 Å². The molecule has 1 fully saturated rings. The zero-order chi connectivity index (χ0) is 12.1. The molecule has 0 aliphatic heterocycles. The first-order valence-electron chi connectivity index (χ1n) is 6.33. The zero-order valence-electron chi connectivity index (χ0n) is 10.0. The number of carbonyl (C=O) groups is 1. The minimum absolute atomic E-state index is 0.156. The van der Waals surface area contributed by atoms with Crippen molar-refractivity contribution in [2.45, 2.75) is 50.6 Å². The van der Waals surface area contributed by atoms with E-state index in [-0.39, 0.29) is 18.0 Å². The predicted molar refractivity (Wildman–Crippen MR) is 71.0 cm³/mol. The standard InChI is InChI=1S/C13H20N2OS/c14-11-6-2-7-12(11)15-13(16)8-1-4-10-5-3-9-17-10/h3,5,9,11-12H,1-2,4,6-8,14H2,(H,15,16). The molecule has 0 radical (unpaired) electrons. The van der Waals surface area contributed by atoms with Crippen LogP contribution in [0, 0.1) is 0 Å². The van der Waals surface area contributed by atoms with Crippen LogP contribution in [0.15, 0.2) is 17.5 Å². The van der Waals surface area contributed by atoms with Crippen molar-refractivity contribution < 1.29 is 4.79 Å². The van der Waals surface area contributed by atoms with Gasteiger partial charge in [0, 0.05) is 23.4 Å². The Hall–Kier alpha value is -0.870. The van der Waals surface area contributed by atoms with E-state index in [1.165, 1.54) is 4.88 Å². The molecule has 1 aromatic heterocycles. The average molecular weight is 252 g/mol. The minimum Gasteiger partial charge on any atom is -0.352 e. The van der Waals surface area contributed by atoms with E-state index in [1.54, 1.807) is 11.3 Å². The summed E-state index contributed by atoms with van der Waals surface area (Å²) in [5.41, 5.74) is 5.92. The Morgan fingerprint density at radius 1 is 1.53 bits per heavy atom. The van der Waals surface area contributed by atoms with Crippen LogP contribution in [0.25, 0.3) is 0 Å². The van der Waals surface area contributed by atoms with Gasteiger partial charge >= 0.3 is 0 Å². The highest BCUT2D eigenvalue weighted by atomic mass is 32.1. The maximum absolute atomic E-state index is 11.7. The normalized spacial score (nSPS) is 23.8. The summed E-state index contributed by atoms with van der Waals surface area (Å²) in [7, 11) is 0. The van der Waals surface area contributed by atoms with Gasteiger partial charge in [-0.25, -0.2) is 0 Å². The molecule has 94 valence electrons. The fraction of sp³-hybridized carbons (Fsp3) is 0.615. The van der Waals surface area contributed by atoms with E-state index in [2.05, 4.69) is 22.8 Å². The molecule has 0 bridgehead atoms. The van der Waals surface area contributed by atoms with Gasteiger partial charge in [0.05, 0.1) is 0 Å².